The Kier molecular flexibility index (Phi) is 6.24. The predicted molar refractivity (Wildman–Crippen MR) is 119 cm³/mol. The van der Waals surface area contributed by atoms with Crippen molar-refractivity contribution in [2.45, 2.75) is 24.2 Å². The number of carbonyl (C=O) groups excluding carboxylic acids is 1. The van der Waals surface area contributed by atoms with E-state index >= 15 is 0 Å². The molecule has 8 nitrogen and oxygen atoms in total. The van der Waals surface area contributed by atoms with E-state index in [0.717, 1.165) is 37.4 Å². The number of nitrogens with one attached hydrogen (secondary N) is 1. The number of fused-ring (bicyclic) bond motifs is 1. The van der Waals surface area contributed by atoms with Gasteiger partial charge in [0.15, 0.2) is 11.3 Å². The van der Waals surface area contributed by atoms with Gasteiger partial charge in [0.2, 0.25) is 10.0 Å². The first-order chi connectivity index (χ1) is 17.1. The van der Waals surface area contributed by atoms with Gasteiger partial charge in [-0.05, 0) is 48.9 Å². The Labute approximate surface area is 204 Å². The zero-order valence-electron chi connectivity index (χ0n) is 18.5. The summed E-state index contributed by atoms with van der Waals surface area (Å²) in [7, 11) is -4.10. The van der Waals surface area contributed by atoms with Gasteiger partial charge in [0, 0.05) is 11.3 Å². The van der Waals surface area contributed by atoms with Crippen molar-refractivity contribution >= 4 is 27.3 Å². The molecule has 4 rings (SSSR count). The summed E-state index contributed by atoms with van der Waals surface area (Å²) in [6, 6.07) is 8.19. The second-order valence-corrected chi connectivity index (χ2v) is 9.43. The van der Waals surface area contributed by atoms with Crippen LogP contribution in [0.15, 0.2) is 59.6 Å². The van der Waals surface area contributed by atoms with E-state index in [9.17, 15) is 39.6 Å². The van der Waals surface area contributed by atoms with Crippen molar-refractivity contribution in [1.29, 1.82) is 0 Å². The Hall–Kier alpha value is -3.98. The summed E-state index contributed by atoms with van der Waals surface area (Å²) in [5.74, 6) is -0.969. The summed E-state index contributed by atoms with van der Waals surface area (Å²) >= 11 is 0. The quantitative estimate of drug-likeness (QED) is 0.364. The Balaban J connectivity index is 1.82. The molecule has 2 aromatic heterocycles. The number of alkyl halides is 6. The summed E-state index contributed by atoms with van der Waals surface area (Å²) in [5, 5.41) is 11.0. The highest BCUT2D eigenvalue weighted by atomic mass is 32.2. The number of anilines is 1. The minimum atomic E-state index is -4.96. The van der Waals surface area contributed by atoms with Gasteiger partial charge < -0.3 is 5.32 Å². The molecule has 0 spiro atoms. The predicted octanol–water partition coefficient (Wildman–Crippen LogP) is 4.64. The van der Waals surface area contributed by atoms with Gasteiger partial charge in [-0.2, -0.15) is 31.4 Å². The van der Waals surface area contributed by atoms with E-state index in [4.69, 9.17) is 5.14 Å². The third-order valence-corrected chi connectivity index (χ3v) is 6.17. The molecule has 0 aliphatic rings. The lowest BCUT2D eigenvalue weighted by molar-refractivity contribution is -0.142. The zero-order valence-corrected chi connectivity index (χ0v) is 19.3. The van der Waals surface area contributed by atoms with E-state index in [0.29, 0.717) is 10.6 Å². The standard InChI is InChI=1S/C22H15F6N5O3S/c1-11-7-12(5-6-16(11)21(23,24)25)17-9-18(22(26,27)28)33-19(32-17)15(10-30-33)20(34)31-13-3-2-4-14(8-13)37(29,35)36/h2-10H,1H3,(H,31,34)(H2,29,35,36). The molecule has 0 saturated heterocycles. The number of aryl methyl sites for hydroxylation is 1. The number of carbonyl (C=O) groups is 1. The average Bonchev–Trinajstić information content (AvgIpc) is 3.20. The molecule has 15 heteroatoms. The summed E-state index contributed by atoms with van der Waals surface area (Å²) in [4.78, 5) is 16.6. The molecule has 0 atom stereocenters. The lowest BCUT2D eigenvalue weighted by Gasteiger charge is -2.14. The number of halogens is 6. The SMILES string of the molecule is Cc1cc(-c2cc(C(F)(F)F)n3ncc(C(=O)Nc4cccc(S(N)(=O)=O)c4)c3n2)ccc1C(F)(F)F. The van der Waals surface area contributed by atoms with Crippen molar-refractivity contribution in [2.24, 2.45) is 5.14 Å². The molecule has 37 heavy (non-hydrogen) atoms. The van der Waals surface area contributed by atoms with Gasteiger partial charge in [0.1, 0.15) is 5.56 Å². The monoisotopic (exact) mass is 543 g/mol. The Morgan fingerprint density at radius 3 is 2.30 bits per heavy atom. The van der Waals surface area contributed by atoms with E-state index in [2.05, 4.69) is 15.4 Å². The van der Waals surface area contributed by atoms with Gasteiger partial charge in [0.05, 0.1) is 22.3 Å². The average molecular weight is 543 g/mol. The van der Waals surface area contributed by atoms with E-state index in [1.165, 1.54) is 18.2 Å². The van der Waals surface area contributed by atoms with Gasteiger partial charge in [-0.1, -0.05) is 12.1 Å². The molecular weight excluding hydrogens is 528 g/mol. The normalized spacial score (nSPS) is 12.6. The Bertz CT molecular complexity index is 1650. The highest BCUT2D eigenvalue weighted by Crippen LogP contribution is 2.36. The minimum absolute atomic E-state index is 0.0264. The number of hydrogen-bond donors (Lipinski definition) is 2. The van der Waals surface area contributed by atoms with Crippen molar-refractivity contribution < 1.29 is 39.6 Å². The van der Waals surface area contributed by atoms with Crippen LogP contribution in [0.2, 0.25) is 0 Å². The molecule has 4 aromatic rings. The van der Waals surface area contributed by atoms with Crippen molar-refractivity contribution in [3.63, 3.8) is 0 Å². The summed E-state index contributed by atoms with van der Waals surface area (Å²) in [6.45, 7) is 1.16. The number of primary sulfonamides is 1. The molecule has 1 amide bonds. The summed E-state index contributed by atoms with van der Waals surface area (Å²) in [6.07, 6.45) is -8.78. The molecule has 2 aromatic carbocycles. The first-order valence-electron chi connectivity index (χ1n) is 10.1. The van der Waals surface area contributed by atoms with Crippen LogP contribution in [0.3, 0.4) is 0 Å². The molecule has 0 fully saturated rings. The van der Waals surface area contributed by atoms with Gasteiger partial charge >= 0.3 is 12.4 Å². The first kappa shape index (κ1) is 26.1. The molecule has 0 saturated carbocycles. The fourth-order valence-electron chi connectivity index (χ4n) is 3.56. The Morgan fingerprint density at radius 1 is 1.00 bits per heavy atom. The molecule has 0 aliphatic heterocycles. The molecule has 0 radical (unpaired) electrons. The lowest BCUT2D eigenvalue weighted by Crippen LogP contribution is -2.16. The van der Waals surface area contributed by atoms with Crippen LogP contribution >= 0.6 is 0 Å². The molecule has 0 bridgehead atoms. The number of rotatable bonds is 4. The molecule has 0 unspecified atom stereocenters. The third kappa shape index (κ3) is 5.27. The first-order valence-corrected chi connectivity index (χ1v) is 11.7. The van der Waals surface area contributed by atoms with Crippen molar-refractivity contribution in [3.8, 4) is 11.3 Å². The van der Waals surface area contributed by atoms with Crippen LogP contribution in [0.1, 0.15) is 27.2 Å². The number of nitrogens with two attached hydrogens (primary N) is 1. The van der Waals surface area contributed by atoms with Crippen molar-refractivity contribution in [3.05, 3.63) is 77.1 Å². The van der Waals surface area contributed by atoms with Gasteiger partial charge in [0.25, 0.3) is 5.91 Å². The molecule has 3 N–H and O–H groups in total. The highest BCUT2D eigenvalue weighted by Gasteiger charge is 2.36. The lowest BCUT2D eigenvalue weighted by atomic mass is 10.0. The van der Waals surface area contributed by atoms with E-state index in [1.54, 1.807) is 0 Å². The van der Waals surface area contributed by atoms with Crippen LogP contribution in [0.4, 0.5) is 32.0 Å². The smallest absolute Gasteiger partial charge is 0.322 e. The number of amides is 1. The largest absolute Gasteiger partial charge is 0.433 e. The van der Waals surface area contributed by atoms with Crippen LogP contribution in [-0.2, 0) is 22.4 Å². The fourth-order valence-corrected chi connectivity index (χ4v) is 4.12. The number of nitrogens with zero attached hydrogens (tertiary/aromatic N) is 3. The molecular formula is C22H15F6N5O3S. The van der Waals surface area contributed by atoms with E-state index < -0.39 is 50.8 Å². The molecule has 194 valence electrons. The van der Waals surface area contributed by atoms with Crippen molar-refractivity contribution in [2.75, 3.05) is 5.32 Å². The topological polar surface area (TPSA) is 119 Å². The minimum Gasteiger partial charge on any atom is -0.322 e. The summed E-state index contributed by atoms with van der Waals surface area (Å²) in [5.41, 5.74) is -3.86. The van der Waals surface area contributed by atoms with Crippen LogP contribution < -0.4 is 10.5 Å². The van der Waals surface area contributed by atoms with Crippen LogP contribution in [0, 0.1) is 6.92 Å². The van der Waals surface area contributed by atoms with Crippen LogP contribution in [-0.4, -0.2) is 28.9 Å². The maximum Gasteiger partial charge on any atom is 0.433 e. The second-order valence-electron chi connectivity index (χ2n) is 7.87. The van der Waals surface area contributed by atoms with Crippen LogP contribution in [0.5, 0.6) is 0 Å². The number of sulfonamides is 1. The maximum absolute atomic E-state index is 13.8. The number of hydrogen-bond acceptors (Lipinski definition) is 5. The van der Waals surface area contributed by atoms with Crippen molar-refractivity contribution in [1.82, 2.24) is 14.6 Å². The van der Waals surface area contributed by atoms with Gasteiger partial charge in [-0.15, -0.1) is 0 Å². The number of benzene rings is 2. The summed E-state index contributed by atoms with van der Waals surface area (Å²) < 4.78 is 104. The second kappa shape index (κ2) is 8.85. The highest BCUT2D eigenvalue weighted by molar-refractivity contribution is 7.89. The van der Waals surface area contributed by atoms with Crippen LogP contribution in [0.25, 0.3) is 16.9 Å². The fraction of sp³-hybridized carbons (Fsp3) is 0.136. The van der Waals surface area contributed by atoms with Gasteiger partial charge in [-0.25, -0.2) is 23.1 Å². The van der Waals surface area contributed by atoms with E-state index in [1.807, 2.05) is 0 Å². The maximum atomic E-state index is 13.8. The molecule has 2 heterocycles. The third-order valence-electron chi connectivity index (χ3n) is 5.25. The van der Waals surface area contributed by atoms with E-state index in [-0.39, 0.29) is 27.4 Å². The Morgan fingerprint density at radius 2 is 1.70 bits per heavy atom. The number of aromatic nitrogens is 3. The zero-order chi connectivity index (χ0) is 27.3. The van der Waals surface area contributed by atoms with Gasteiger partial charge in [-0.3, -0.25) is 4.79 Å². The molecule has 0 aliphatic carbocycles.